The summed E-state index contributed by atoms with van der Waals surface area (Å²) in [5.74, 6) is -1.48. The number of carbonyl (C=O) groups is 2. The molecular weight excluding hydrogens is 311 g/mol. The third-order valence-corrected chi connectivity index (χ3v) is 4.13. The Bertz CT molecular complexity index is 771. The van der Waals surface area contributed by atoms with E-state index in [0.29, 0.717) is 23.1 Å². The molecule has 2 atom stereocenters. The molecule has 0 spiro atoms. The number of rotatable bonds is 5. The van der Waals surface area contributed by atoms with E-state index in [1.165, 1.54) is 13.2 Å². The molecule has 1 saturated carbocycles. The lowest BCUT2D eigenvalue weighted by molar-refractivity contribution is -0.146. The number of hydrogen-bond acceptors (Lipinski definition) is 4. The molecule has 5 heteroatoms. The second-order valence-electron chi connectivity index (χ2n) is 5.77. The zero-order valence-corrected chi connectivity index (χ0v) is 13.2. The van der Waals surface area contributed by atoms with Gasteiger partial charge in [-0.25, -0.2) is 9.18 Å². The highest BCUT2D eigenvalue weighted by Gasteiger charge is 2.46. The Morgan fingerprint density at radius 2 is 1.96 bits per heavy atom. The van der Waals surface area contributed by atoms with Gasteiger partial charge in [0.25, 0.3) is 0 Å². The van der Waals surface area contributed by atoms with Crippen molar-refractivity contribution in [3.05, 3.63) is 71.0 Å². The summed E-state index contributed by atoms with van der Waals surface area (Å²) in [5.41, 5.74) is 1.67. The van der Waals surface area contributed by atoms with Gasteiger partial charge < -0.3 is 9.47 Å². The molecule has 3 rings (SSSR count). The first-order valence-electron chi connectivity index (χ1n) is 7.68. The zero-order chi connectivity index (χ0) is 17.1. The molecule has 1 aliphatic carbocycles. The van der Waals surface area contributed by atoms with E-state index in [1.807, 2.05) is 0 Å². The van der Waals surface area contributed by atoms with Gasteiger partial charge in [0, 0.05) is 5.92 Å². The Hall–Kier alpha value is -2.69. The lowest BCUT2D eigenvalue weighted by Gasteiger charge is -2.07. The number of ether oxygens (including phenoxy) is 2. The molecule has 0 heterocycles. The van der Waals surface area contributed by atoms with Crippen LogP contribution in [0.4, 0.5) is 4.39 Å². The van der Waals surface area contributed by atoms with Crippen LogP contribution in [0.25, 0.3) is 0 Å². The Kier molecular flexibility index (Phi) is 4.60. The topological polar surface area (TPSA) is 52.6 Å². The minimum absolute atomic E-state index is 0.0736. The van der Waals surface area contributed by atoms with E-state index in [1.54, 1.807) is 42.5 Å². The molecule has 0 aliphatic heterocycles. The smallest absolute Gasteiger partial charge is 0.337 e. The van der Waals surface area contributed by atoms with Gasteiger partial charge in [0.2, 0.25) is 0 Å². The number of methoxy groups -OCH3 is 1. The summed E-state index contributed by atoms with van der Waals surface area (Å²) in [6.07, 6.45) is 0.599. The third-order valence-electron chi connectivity index (χ3n) is 4.13. The fraction of sp³-hybridized carbons (Fsp3) is 0.263. The number of esters is 2. The molecule has 2 aromatic carbocycles. The van der Waals surface area contributed by atoms with E-state index in [0.717, 1.165) is 0 Å². The van der Waals surface area contributed by atoms with Crippen molar-refractivity contribution < 1.29 is 23.5 Å². The van der Waals surface area contributed by atoms with E-state index >= 15 is 0 Å². The molecule has 0 N–H and O–H groups in total. The van der Waals surface area contributed by atoms with E-state index in [-0.39, 0.29) is 30.2 Å². The van der Waals surface area contributed by atoms with Crippen LogP contribution >= 0.6 is 0 Å². The summed E-state index contributed by atoms with van der Waals surface area (Å²) in [6.45, 7) is 0.0736. The Balaban J connectivity index is 1.58. The van der Waals surface area contributed by atoms with Crippen molar-refractivity contribution in [2.75, 3.05) is 7.11 Å². The Morgan fingerprint density at radius 3 is 2.71 bits per heavy atom. The lowest BCUT2D eigenvalue weighted by Crippen LogP contribution is -2.09. The van der Waals surface area contributed by atoms with Crippen molar-refractivity contribution in [2.24, 2.45) is 5.92 Å². The first kappa shape index (κ1) is 16.2. The summed E-state index contributed by atoms with van der Waals surface area (Å²) in [7, 11) is 1.31. The predicted molar refractivity (Wildman–Crippen MR) is 84.8 cm³/mol. The summed E-state index contributed by atoms with van der Waals surface area (Å²) < 4.78 is 23.7. The third kappa shape index (κ3) is 3.45. The van der Waals surface area contributed by atoms with Crippen molar-refractivity contribution in [2.45, 2.75) is 18.9 Å². The van der Waals surface area contributed by atoms with E-state index in [2.05, 4.69) is 4.74 Å². The first-order chi connectivity index (χ1) is 11.6. The van der Waals surface area contributed by atoms with Gasteiger partial charge >= 0.3 is 11.9 Å². The van der Waals surface area contributed by atoms with Crippen LogP contribution in [-0.4, -0.2) is 19.0 Å². The lowest BCUT2D eigenvalue weighted by atomic mass is 10.1. The molecule has 124 valence electrons. The highest BCUT2D eigenvalue weighted by molar-refractivity contribution is 5.89. The quantitative estimate of drug-likeness (QED) is 0.789. The van der Waals surface area contributed by atoms with Crippen LogP contribution in [0.2, 0.25) is 0 Å². The van der Waals surface area contributed by atoms with Crippen molar-refractivity contribution in [1.29, 1.82) is 0 Å². The van der Waals surface area contributed by atoms with Crippen LogP contribution in [0.3, 0.4) is 0 Å². The SMILES string of the molecule is COC(=O)c1cccc(COC(=O)[C@H]2C[C@@H]2c2ccccc2F)c1. The summed E-state index contributed by atoms with van der Waals surface area (Å²) in [6, 6.07) is 13.2. The molecule has 24 heavy (non-hydrogen) atoms. The van der Waals surface area contributed by atoms with E-state index in [9.17, 15) is 14.0 Å². The number of benzene rings is 2. The summed E-state index contributed by atoms with van der Waals surface area (Å²) >= 11 is 0. The van der Waals surface area contributed by atoms with Gasteiger partial charge in [-0.1, -0.05) is 30.3 Å². The molecule has 1 aliphatic rings. The minimum atomic E-state index is -0.440. The first-order valence-corrected chi connectivity index (χ1v) is 7.68. The van der Waals surface area contributed by atoms with Crippen LogP contribution in [0.15, 0.2) is 48.5 Å². The summed E-state index contributed by atoms with van der Waals surface area (Å²) in [4.78, 5) is 23.6. The zero-order valence-electron chi connectivity index (χ0n) is 13.2. The average molecular weight is 328 g/mol. The van der Waals surface area contributed by atoms with Gasteiger partial charge in [0.1, 0.15) is 12.4 Å². The van der Waals surface area contributed by atoms with Gasteiger partial charge in [-0.3, -0.25) is 4.79 Å². The Morgan fingerprint density at radius 1 is 1.17 bits per heavy atom. The van der Waals surface area contributed by atoms with Crippen LogP contribution < -0.4 is 0 Å². The monoisotopic (exact) mass is 328 g/mol. The molecule has 0 saturated heterocycles. The van der Waals surface area contributed by atoms with E-state index in [4.69, 9.17) is 4.74 Å². The van der Waals surface area contributed by atoms with E-state index < -0.39 is 5.97 Å². The molecule has 2 aromatic rings. The van der Waals surface area contributed by atoms with Crippen LogP contribution in [0.1, 0.15) is 33.8 Å². The van der Waals surface area contributed by atoms with Crippen molar-refractivity contribution >= 4 is 11.9 Å². The number of halogens is 1. The maximum absolute atomic E-state index is 13.7. The molecule has 0 bridgehead atoms. The molecular formula is C19H17FO4. The molecule has 0 radical (unpaired) electrons. The second kappa shape index (κ2) is 6.83. The summed E-state index contributed by atoms with van der Waals surface area (Å²) in [5, 5.41) is 0. The highest BCUT2D eigenvalue weighted by atomic mass is 19.1. The van der Waals surface area contributed by atoms with Gasteiger partial charge in [-0.05, 0) is 35.7 Å². The minimum Gasteiger partial charge on any atom is -0.465 e. The van der Waals surface area contributed by atoms with Crippen LogP contribution in [0.5, 0.6) is 0 Å². The molecule has 0 amide bonds. The fourth-order valence-electron chi connectivity index (χ4n) is 2.74. The molecule has 0 aromatic heterocycles. The number of carbonyl (C=O) groups excluding carboxylic acids is 2. The normalized spacial score (nSPS) is 18.8. The average Bonchev–Trinajstić information content (AvgIpc) is 3.40. The highest BCUT2D eigenvalue weighted by Crippen LogP contribution is 2.48. The largest absolute Gasteiger partial charge is 0.465 e. The second-order valence-corrected chi connectivity index (χ2v) is 5.77. The van der Waals surface area contributed by atoms with Gasteiger partial charge in [0.05, 0.1) is 18.6 Å². The van der Waals surface area contributed by atoms with Gasteiger partial charge in [0.15, 0.2) is 0 Å². The predicted octanol–water partition coefficient (Wildman–Crippen LogP) is 3.46. The van der Waals surface area contributed by atoms with Crippen molar-refractivity contribution in [3.63, 3.8) is 0 Å². The van der Waals surface area contributed by atoms with Crippen LogP contribution in [-0.2, 0) is 20.9 Å². The Labute approximate surface area is 139 Å². The maximum atomic E-state index is 13.7. The van der Waals surface area contributed by atoms with Gasteiger partial charge in [-0.2, -0.15) is 0 Å². The maximum Gasteiger partial charge on any atom is 0.337 e. The van der Waals surface area contributed by atoms with Crippen molar-refractivity contribution in [3.8, 4) is 0 Å². The number of hydrogen-bond donors (Lipinski definition) is 0. The van der Waals surface area contributed by atoms with Crippen molar-refractivity contribution in [1.82, 2.24) is 0 Å². The standard InChI is InChI=1S/C19H17FO4/c1-23-18(21)13-6-4-5-12(9-13)11-24-19(22)16-10-15(16)14-7-2-3-8-17(14)20/h2-9,15-16H,10-11H2,1H3/t15-,16+/m1/s1. The fourth-order valence-corrected chi connectivity index (χ4v) is 2.74. The van der Waals surface area contributed by atoms with Gasteiger partial charge in [-0.15, -0.1) is 0 Å². The molecule has 4 nitrogen and oxygen atoms in total. The molecule has 0 unspecified atom stereocenters. The molecule has 1 fully saturated rings. The van der Waals surface area contributed by atoms with Crippen LogP contribution in [0, 0.1) is 11.7 Å².